The van der Waals surface area contributed by atoms with Gasteiger partial charge in [-0.2, -0.15) is 0 Å². The molecule has 0 aromatic heterocycles. The third-order valence-corrected chi connectivity index (χ3v) is 21.8. The molecule has 0 spiro atoms. The summed E-state index contributed by atoms with van der Waals surface area (Å²) in [5.74, 6) is 7.63. The van der Waals surface area contributed by atoms with E-state index < -0.39 is 0 Å². The van der Waals surface area contributed by atoms with Gasteiger partial charge >= 0.3 is 0 Å². The number of ether oxygens (including phenoxy) is 12. The summed E-state index contributed by atoms with van der Waals surface area (Å²) in [5, 5.41) is 0. The van der Waals surface area contributed by atoms with Crippen molar-refractivity contribution in [3.8, 4) is 102 Å². The highest BCUT2D eigenvalue weighted by Crippen LogP contribution is 2.57. The van der Waals surface area contributed by atoms with Crippen LogP contribution in [0.2, 0.25) is 0 Å². The van der Waals surface area contributed by atoms with Gasteiger partial charge in [0.05, 0.1) is 115 Å². The number of benzene rings is 9. The number of fused-ring (bicyclic) bond motifs is 21. The summed E-state index contributed by atoms with van der Waals surface area (Å²) in [5.41, 5.74) is 7.69. The van der Waals surface area contributed by atoms with Crippen molar-refractivity contribution in [2.45, 2.75) is 79.5 Å². The molecule has 0 fully saturated rings. The predicted molar refractivity (Wildman–Crippen MR) is 353 cm³/mol. The molecule has 0 aliphatic carbocycles. The third-order valence-electron chi connectivity index (χ3n) is 14.7. The summed E-state index contributed by atoms with van der Waals surface area (Å²) in [6.07, 6.45) is 0. The van der Waals surface area contributed by atoms with Crippen molar-refractivity contribution < 1.29 is 56.8 Å². The molecule has 1 aliphatic rings. The van der Waals surface area contributed by atoms with E-state index in [4.69, 9.17) is 56.8 Å². The molecule has 0 unspecified atom stereocenters. The first-order valence-electron chi connectivity index (χ1n) is 27.2. The Labute approximate surface area is 534 Å². The second-order valence-electron chi connectivity index (χ2n) is 19.5. The average Bonchev–Trinajstić information content (AvgIpc) is 2.66. The maximum atomic E-state index is 6.42. The molecule has 10 rings (SSSR count). The van der Waals surface area contributed by atoms with E-state index in [2.05, 4.69) is 75.4 Å². The summed E-state index contributed by atoms with van der Waals surface area (Å²) >= 11 is 9.53. The minimum atomic E-state index is 0.635. The van der Waals surface area contributed by atoms with Gasteiger partial charge in [0.1, 0.15) is 69.0 Å². The van der Waals surface area contributed by atoms with Crippen LogP contribution in [0.3, 0.4) is 0 Å². The Morgan fingerprint density at radius 1 is 0.195 bits per heavy atom. The Bertz CT molecular complexity index is 3400. The fourth-order valence-electron chi connectivity index (χ4n) is 10.2. The molecule has 18 bridgehead atoms. The van der Waals surface area contributed by atoms with E-state index in [0.717, 1.165) is 109 Å². The fraction of sp³-hybridized carbons (Fsp3) is 0.217. The zero-order valence-corrected chi connectivity index (χ0v) is 55.9. The zero-order chi connectivity index (χ0) is 61.6. The Balaban J connectivity index is 1.21. The highest BCUT2D eigenvalue weighted by Gasteiger charge is 2.28. The molecule has 9 aromatic carbocycles. The molecule has 18 heteroatoms. The summed E-state index contributed by atoms with van der Waals surface area (Å²) in [6.45, 7) is 6.38. The van der Waals surface area contributed by atoms with Crippen LogP contribution in [0.1, 0.15) is 16.7 Å². The molecule has 1 heterocycles. The normalized spacial score (nSPS) is 12.0. The van der Waals surface area contributed by atoms with Crippen molar-refractivity contribution >= 4 is 70.6 Å². The van der Waals surface area contributed by atoms with Gasteiger partial charge in [-0.05, 0) is 147 Å². The van der Waals surface area contributed by atoms with Crippen molar-refractivity contribution in [1.29, 1.82) is 0 Å². The van der Waals surface area contributed by atoms with Crippen molar-refractivity contribution in [2.75, 3.05) is 85.3 Å². The Kier molecular flexibility index (Phi) is 20.0. The van der Waals surface area contributed by atoms with Crippen molar-refractivity contribution in [3.63, 3.8) is 0 Å². The molecule has 0 atom stereocenters. The summed E-state index contributed by atoms with van der Waals surface area (Å²) in [6, 6.07) is 42.8. The fourth-order valence-corrected chi connectivity index (χ4v) is 17.1. The molecule has 87 heavy (non-hydrogen) atoms. The van der Waals surface area contributed by atoms with Crippen LogP contribution in [0.4, 0.5) is 0 Å². The molecule has 9 aromatic rings. The van der Waals surface area contributed by atoms with Crippen LogP contribution in [0, 0.1) is 20.8 Å². The molecular weight excluding hydrogens is 1210 g/mol. The minimum Gasteiger partial charge on any atom is -0.497 e. The number of hydrogen-bond donors (Lipinski definition) is 0. The molecule has 450 valence electrons. The van der Waals surface area contributed by atoms with Gasteiger partial charge in [-0.1, -0.05) is 88.8 Å². The average molecular weight is 1280 g/mol. The number of rotatable bonds is 12. The molecule has 1 aliphatic heterocycles. The van der Waals surface area contributed by atoms with E-state index in [-0.39, 0.29) is 0 Å². The van der Waals surface area contributed by atoms with E-state index in [9.17, 15) is 0 Å². The van der Waals surface area contributed by atoms with Gasteiger partial charge < -0.3 is 56.8 Å². The Morgan fingerprint density at radius 3 is 0.471 bits per heavy atom. The molecule has 0 saturated carbocycles. The smallest absolute Gasteiger partial charge is 0.141 e. The molecule has 0 radical (unpaired) electrons. The standard InChI is InChI=1S/C69H66O12S6/c1-37-52-19-16-20-53(37)83-59-32-41(71-5)26-47(65(59)77-11)49-28-43(73-7)34-61(67(49)79-13)85-55-22-18-24-57(39(55)3)87-63-36-45(75-9)30-51(69(63)81-15)50-29-44(74-8)35-62(68(50)80-14)86-56-23-17-21-54(38(56)2)84-60-33-42(72-6)27-48(66(60)78-12)46-25-40(70-4)31-58(82-52)64(46)76-10/h16-36H,1-15H3. The SMILES string of the molecule is COc1cc2c(OC)c(c1)-c1cc(OC)cc(c1OC)Sc1cccc(c1C)Sc1cc(OC)cc(c1OC)-c1cc(OC)cc(c1OC)Sc1cccc(c1C)Sc1cc(OC)cc(c1OC)-c1cc(OC)cc(c1OC)Sc1cccc(c1C)S2. The number of hydrogen-bond acceptors (Lipinski definition) is 18. The maximum Gasteiger partial charge on any atom is 0.141 e. The van der Waals surface area contributed by atoms with Gasteiger partial charge in [-0.25, -0.2) is 0 Å². The van der Waals surface area contributed by atoms with Crippen molar-refractivity contribution in [2.24, 2.45) is 0 Å². The van der Waals surface area contributed by atoms with Crippen LogP contribution in [0.15, 0.2) is 186 Å². The lowest BCUT2D eigenvalue weighted by molar-refractivity contribution is 0.389. The second-order valence-corrected chi connectivity index (χ2v) is 26.0. The molecule has 0 saturated heterocycles. The van der Waals surface area contributed by atoms with Gasteiger partial charge in [0.15, 0.2) is 0 Å². The summed E-state index contributed by atoms with van der Waals surface area (Å²) in [4.78, 5) is 11.0. The first-order valence-corrected chi connectivity index (χ1v) is 32.1. The van der Waals surface area contributed by atoms with Gasteiger partial charge in [0, 0.05) is 62.8 Å². The van der Waals surface area contributed by atoms with Crippen LogP contribution in [-0.2, 0) is 0 Å². The lowest BCUT2D eigenvalue weighted by atomic mass is 10.0. The molecule has 0 N–H and O–H groups in total. The second kappa shape index (κ2) is 27.8. The van der Waals surface area contributed by atoms with E-state index in [1.165, 1.54) is 0 Å². The zero-order valence-electron chi connectivity index (χ0n) is 51.0. The summed E-state index contributed by atoms with van der Waals surface area (Å²) in [7, 11) is 20.1. The Morgan fingerprint density at radius 2 is 0.345 bits per heavy atom. The first kappa shape index (κ1) is 62.7. The van der Waals surface area contributed by atoms with Gasteiger partial charge in [0.25, 0.3) is 0 Å². The monoisotopic (exact) mass is 1280 g/mol. The van der Waals surface area contributed by atoms with E-state index >= 15 is 0 Å². The topological polar surface area (TPSA) is 111 Å². The highest BCUT2D eigenvalue weighted by molar-refractivity contribution is 8.01. The van der Waals surface area contributed by atoms with E-state index in [1.54, 1.807) is 156 Å². The highest BCUT2D eigenvalue weighted by atomic mass is 32.2. The van der Waals surface area contributed by atoms with Gasteiger partial charge in [0.2, 0.25) is 0 Å². The molecule has 12 nitrogen and oxygen atoms in total. The Hall–Kier alpha value is -7.32. The van der Waals surface area contributed by atoms with Gasteiger partial charge in [-0.3, -0.25) is 0 Å². The molecular formula is C69H66O12S6. The third kappa shape index (κ3) is 12.7. The van der Waals surface area contributed by atoms with Crippen LogP contribution < -0.4 is 56.8 Å². The van der Waals surface area contributed by atoms with Crippen molar-refractivity contribution in [3.05, 3.63) is 144 Å². The van der Waals surface area contributed by atoms with Crippen LogP contribution in [0.25, 0.3) is 33.4 Å². The van der Waals surface area contributed by atoms with Crippen molar-refractivity contribution in [1.82, 2.24) is 0 Å². The van der Waals surface area contributed by atoms with Crippen LogP contribution in [-0.4, -0.2) is 85.3 Å². The largest absolute Gasteiger partial charge is 0.497 e. The summed E-state index contributed by atoms with van der Waals surface area (Å²) < 4.78 is 74.8. The lowest BCUT2D eigenvalue weighted by Crippen LogP contribution is -1.99. The van der Waals surface area contributed by atoms with E-state index in [1.807, 2.05) is 72.8 Å². The van der Waals surface area contributed by atoms with Gasteiger partial charge in [-0.15, -0.1) is 0 Å². The van der Waals surface area contributed by atoms with Crippen LogP contribution in [0.5, 0.6) is 69.0 Å². The molecule has 0 amide bonds. The van der Waals surface area contributed by atoms with Crippen LogP contribution >= 0.6 is 70.6 Å². The number of methoxy groups -OCH3 is 12. The lowest BCUT2D eigenvalue weighted by Gasteiger charge is -2.21. The quantitative estimate of drug-likeness (QED) is 0.116. The maximum absolute atomic E-state index is 6.42. The predicted octanol–water partition coefficient (Wildman–Crippen LogP) is 18.9. The first-order chi connectivity index (χ1) is 42.3. The minimum absolute atomic E-state index is 0.635. The van der Waals surface area contributed by atoms with E-state index in [0.29, 0.717) is 69.0 Å².